The highest BCUT2D eigenvalue weighted by molar-refractivity contribution is 7.10. The van der Waals surface area contributed by atoms with Crippen molar-refractivity contribution in [2.24, 2.45) is 0 Å². The number of rotatable bonds is 5. The Labute approximate surface area is 136 Å². The topological polar surface area (TPSA) is 55.2 Å². The van der Waals surface area contributed by atoms with Crippen LogP contribution in [0.2, 0.25) is 10.0 Å². The Morgan fingerprint density at radius 2 is 1.95 bits per heavy atom. The summed E-state index contributed by atoms with van der Waals surface area (Å²) in [5.41, 5.74) is 0.310. The van der Waals surface area contributed by atoms with Crippen LogP contribution in [0.15, 0.2) is 29.6 Å². The van der Waals surface area contributed by atoms with Gasteiger partial charge in [-0.05, 0) is 11.4 Å². The van der Waals surface area contributed by atoms with E-state index in [2.05, 4.69) is 25.2 Å². The first-order chi connectivity index (χ1) is 9.81. The maximum atomic E-state index is 10.8. The van der Waals surface area contributed by atoms with Crippen LogP contribution in [0.1, 0.15) is 18.7 Å². The van der Waals surface area contributed by atoms with E-state index in [1.165, 1.54) is 17.0 Å². The van der Waals surface area contributed by atoms with Crippen LogP contribution in [0.4, 0.5) is 11.4 Å². The maximum Gasteiger partial charge on any atom is 0.272 e. The van der Waals surface area contributed by atoms with Crippen LogP contribution in [0.5, 0.6) is 0 Å². The summed E-state index contributed by atoms with van der Waals surface area (Å²) in [6.45, 7) is 4.84. The zero-order valence-corrected chi connectivity index (χ0v) is 13.9. The van der Waals surface area contributed by atoms with Gasteiger partial charge in [-0.2, -0.15) is 0 Å². The maximum absolute atomic E-state index is 10.8. The van der Waals surface area contributed by atoms with Crippen LogP contribution in [0.25, 0.3) is 0 Å². The highest BCUT2D eigenvalue weighted by Crippen LogP contribution is 2.36. The van der Waals surface area contributed by atoms with E-state index >= 15 is 0 Å². The molecule has 1 aromatic heterocycles. The molecule has 1 N–H and O–H groups in total. The van der Waals surface area contributed by atoms with Gasteiger partial charge < -0.3 is 5.32 Å². The van der Waals surface area contributed by atoms with Gasteiger partial charge in [0.25, 0.3) is 5.69 Å². The number of nitrogens with one attached hydrogen (secondary N) is 1. The van der Waals surface area contributed by atoms with E-state index in [0.29, 0.717) is 12.2 Å². The second-order valence-corrected chi connectivity index (χ2v) is 7.02. The summed E-state index contributed by atoms with van der Waals surface area (Å²) in [7, 11) is 0. The van der Waals surface area contributed by atoms with Crippen LogP contribution in [0, 0.1) is 10.1 Å². The van der Waals surface area contributed by atoms with Gasteiger partial charge in [-0.3, -0.25) is 10.1 Å². The fourth-order valence-electron chi connectivity index (χ4n) is 1.89. The Balaban J connectivity index is 2.19. The van der Waals surface area contributed by atoms with Crippen molar-refractivity contribution in [2.75, 3.05) is 11.9 Å². The van der Waals surface area contributed by atoms with E-state index in [-0.39, 0.29) is 21.1 Å². The minimum absolute atomic E-state index is 0.0946. The van der Waals surface area contributed by atoms with Gasteiger partial charge in [-0.1, -0.05) is 43.1 Å². The third-order valence-corrected chi connectivity index (χ3v) is 4.97. The predicted molar refractivity (Wildman–Crippen MR) is 89.0 cm³/mol. The first-order valence-electron chi connectivity index (χ1n) is 6.22. The quantitative estimate of drug-likeness (QED) is 0.587. The molecule has 7 heteroatoms. The molecule has 0 atom stereocenters. The second-order valence-electron chi connectivity index (χ2n) is 5.26. The monoisotopic (exact) mass is 344 g/mol. The molecular formula is C14H14Cl2N2O2S. The van der Waals surface area contributed by atoms with Gasteiger partial charge >= 0.3 is 0 Å². The van der Waals surface area contributed by atoms with Crippen molar-refractivity contribution in [1.82, 2.24) is 0 Å². The lowest BCUT2D eigenvalue weighted by molar-refractivity contribution is -0.384. The Bertz CT molecular complexity index is 634. The zero-order chi connectivity index (χ0) is 15.6. The van der Waals surface area contributed by atoms with E-state index < -0.39 is 4.92 Å². The van der Waals surface area contributed by atoms with Crippen LogP contribution < -0.4 is 5.32 Å². The summed E-state index contributed by atoms with van der Waals surface area (Å²) in [5, 5.41) is 16.5. The molecule has 0 amide bonds. The molecule has 1 aromatic carbocycles. The van der Waals surface area contributed by atoms with Crippen molar-refractivity contribution < 1.29 is 4.92 Å². The molecule has 0 bridgehead atoms. The van der Waals surface area contributed by atoms with E-state index in [1.807, 2.05) is 11.4 Å². The molecule has 0 spiro atoms. The Morgan fingerprint density at radius 1 is 1.33 bits per heavy atom. The molecule has 0 saturated heterocycles. The molecule has 0 radical (unpaired) electrons. The molecule has 0 saturated carbocycles. The summed E-state index contributed by atoms with van der Waals surface area (Å²) in [6, 6.07) is 6.68. The van der Waals surface area contributed by atoms with Crippen molar-refractivity contribution in [2.45, 2.75) is 19.3 Å². The van der Waals surface area contributed by atoms with Crippen molar-refractivity contribution in [3.63, 3.8) is 0 Å². The number of hydrogen-bond donors (Lipinski definition) is 1. The van der Waals surface area contributed by atoms with Gasteiger partial charge in [0, 0.05) is 29.0 Å². The summed E-state index contributed by atoms with van der Waals surface area (Å²) in [6.07, 6.45) is 0. The molecule has 4 nitrogen and oxygen atoms in total. The van der Waals surface area contributed by atoms with E-state index in [1.54, 1.807) is 11.3 Å². The first-order valence-corrected chi connectivity index (χ1v) is 7.86. The smallest absolute Gasteiger partial charge is 0.272 e. The number of hydrogen-bond acceptors (Lipinski definition) is 4. The molecule has 1 heterocycles. The molecule has 21 heavy (non-hydrogen) atoms. The average molecular weight is 345 g/mol. The van der Waals surface area contributed by atoms with Gasteiger partial charge in [-0.15, -0.1) is 11.3 Å². The Morgan fingerprint density at radius 3 is 2.43 bits per heavy atom. The van der Waals surface area contributed by atoms with Crippen molar-refractivity contribution in [3.8, 4) is 0 Å². The molecule has 0 aliphatic heterocycles. The predicted octanol–water partition coefficient (Wildman–Crippen LogP) is 5.35. The fourth-order valence-corrected chi connectivity index (χ4v) is 3.36. The average Bonchev–Trinajstić information content (AvgIpc) is 2.91. The zero-order valence-electron chi connectivity index (χ0n) is 11.5. The number of benzene rings is 1. The van der Waals surface area contributed by atoms with Crippen LogP contribution in [0.3, 0.4) is 0 Å². The molecule has 0 aliphatic rings. The molecule has 2 aromatic rings. The third-order valence-electron chi connectivity index (χ3n) is 3.13. The van der Waals surface area contributed by atoms with Crippen molar-refractivity contribution in [1.29, 1.82) is 0 Å². The Kier molecular flexibility index (Phi) is 4.76. The third kappa shape index (κ3) is 3.67. The number of non-ortho nitro benzene ring substituents is 1. The van der Waals surface area contributed by atoms with Crippen LogP contribution in [-0.2, 0) is 5.41 Å². The van der Waals surface area contributed by atoms with E-state index in [4.69, 9.17) is 23.2 Å². The number of nitro groups is 1. The normalized spacial score (nSPS) is 11.4. The fraction of sp³-hybridized carbons (Fsp3) is 0.286. The number of nitrogens with zero attached hydrogens (tertiary/aromatic N) is 1. The van der Waals surface area contributed by atoms with Gasteiger partial charge in [0.1, 0.15) is 0 Å². The minimum atomic E-state index is -0.517. The lowest BCUT2D eigenvalue weighted by Crippen LogP contribution is -2.26. The standard InChI is InChI=1S/C14H14Cl2N2O2S/c1-14(2,12-4-3-5-21-12)8-17-13-10(15)6-9(18(19)20)7-11(13)16/h3-7,17H,8H2,1-2H3. The summed E-state index contributed by atoms with van der Waals surface area (Å²) in [4.78, 5) is 11.5. The second kappa shape index (κ2) is 6.22. The largest absolute Gasteiger partial charge is 0.382 e. The van der Waals surface area contributed by atoms with Crippen molar-refractivity contribution >= 4 is 45.9 Å². The number of anilines is 1. The van der Waals surface area contributed by atoms with Gasteiger partial charge in [0.15, 0.2) is 0 Å². The molecule has 0 unspecified atom stereocenters. The lowest BCUT2D eigenvalue weighted by atomic mass is 9.91. The van der Waals surface area contributed by atoms with E-state index in [0.717, 1.165) is 0 Å². The first kappa shape index (κ1) is 16.1. The van der Waals surface area contributed by atoms with Crippen LogP contribution in [-0.4, -0.2) is 11.5 Å². The molecule has 112 valence electrons. The molecular weight excluding hydrogens is 331 g/mol. The molecule has 0 aliphatic carbocycles. The van der Waals surface area contributed by atoms with Gasteiger partial charge in [0.2, 0.25) is 0 Å². The summed E-state index contributed by atoms with van der Waals surface area (Å²) >= 11 is 13.9. The number of halogens is 2. The minimum Gasteiger partial charge on any atom is -0.382 e. The number of thiophene rings is 1. The van der Waals surface area contributed by atoms with Crippen LogP contribution >= 0.6 is 34.5 Å². The van der Waals surface area contributed by atoms with Gasteiger partial charge in [0.05, 0.1) is 20.7 Å². The van der Waals surface area contributed by atoms with Crippen molar-refractivity contribution in [3.05, 3.63) is 54.7 Å². The molecule has 0 fully saturated rings. The van der Waals surface area contributed by atoms with E-state index in [9.17, 15) is 10.1 Å². The number of nitro benzene ring substituents is 1. The summed E-state index contributed by atoms with van der Waals surface area (Å²) < 4.78 is 0. The highest BCUT2D eigenvalue weighted by atomic mass is 35.5. The highest BCUT2D eigenvalue weighted by Gasteiger charge is 2.23. The Hall–Kier alpha value is -1.30. The SMILES string of the molecule is CC(C)(CNc1c(Cl)cc([N+](=O)[O-])cc1Cl)c1cccs1. The molecule has 2 rings (SSSR count). The lowest BCUT2D eigenvalue weighted by Gasteiger charge is -2.25. The summed E-state index contributed by atoms with van der Waals surface area (Å²) in [5.74, 6) is 0. The van der Waals surface area contributed by atoms with Gasteiger partial charge in [-0.25, -0.2) is 0 Å².